The van der Waals surface area contributed by atoms with Gasteiger partial charge in [0.25, 0.3) is 0 Å². The summed E-state index contributed by atoms with van der Waals surface area (Å²) in [5.74, 6) is 0. The zero-order valence-electron chi connectivity index (χ0n) is 12.8. The first-order valence-corrected chi connectivity index (χ1v) is 7.97. The molecule has 0 N–H and O–H groups in total. The molecule has 0 saturated carbocycles. The minimum atomic E-state index is 1.08. The fourth-order valence-corrected chi connectivity index (χ4v) is 2.75. The van der Waals surface area contributed by atoms with Crippen LogP contribution in [-0.4, -0.2) is 18.1 Å². The minimum absolute atomic E-state index is 1.08. The maximum absolute atomic E-state index is 2.37. The van der Waals surface area contributed by atoms with E-state index in [4.69, 9.17) is 0 Å². The Morgan fingerprint density at radius 2 is 1.56 bits per heavy atom. The van der Waals surface area contributed by atoms with Gasteiger partial charge < -0.3 is 0 Å². The summed E-state index contributed by atoms with van der Waals surface area (Å²) in [6.07, 6.45) is 19.2. The largest absolute Gasteiger partial charge is 0.271 e. The predicted octanol–water partition coefficient (Wildman–Crippen LogP) is 5.39. The van der Waals surface area contributed by atoms with E-state index in [9.17, 15) is 0 Å². The number of allylic oxidation sites excluding steroid dienone is 3. The van der Waals surface area contributed by atoms with E-state index in [-0.39, 0.29) is 0 Å². The Hall–Kier alpha value is -0.560. The van der Waals surface area contributed by atoms with Crippen LogP contribution in [0.1, 0.15) is 71.6 Å². The molecule has 1 heterocycles. The molecule has 18 heavy (non-hydrogen) atoms. The quantitative estimate of drug-likeness (QED) is 0.360. The monoisotopic (exact) mass is 250 g/mol. The zero-order valence-corrected chi connectivity index (χ0v) is 12.8. The van der Waals surface area contributed by atoms with Crippen molar-refractivity contribution in [2.45, 2.75) is 71.6 Å². The van der Waals surface area contributed by atoms with Crippen molar-refractivity contribution in [3.05, 3.63) is 24.0 Å². The maximum atomic E-state index is 2.37. The summed E-state index contributed by atoms with van der Waals surface area (Å²) in [4.78, 5) is 0. The van der Waals surface area contributed by atoms with Gasteiger partial charge in [-0.15, -0.1) is 0 Å². The third-order valence-corrected chi connectivity index (χ3v) is 4.12. The molecule has 0 fully saturated rings. The van der Waals surface area contributed by atoms with Crippen LogP contribution in [0.25, 0.3) is 0 Å². The summed E-state index contributed by atoms with van der Waals surface area (Å²) in [5.41, 5.74) is 1.62. The maximum Gasteiger partial charge on any atom is 0.113 e. The average molecular weight is 250 g/mol. The minimum Gasteiger partial charge on any atom is -0.271 e. The van der Waals surface area contributed by atoms with Crippen LogP contribution in [0.15, 0.2) is 24.0 Å². The van der Waals surface area contributed by atoms with Gasteiger partial charge in [0, 0.05) is 12.5 Å². The van der Waals surface area contributed by atoms with Gasteiger partial charge in [-0.1, -0.05) is 46.0 Å². The molecule has 1 nitrogen and oxygen atoms in total. The van der Waals surface area contributed by atoms with E-state index < -0.39 is 0 Å². The fourth-order valence-electron chi connectivity index (χ4n) is 2.75. The Labute approximate surface area is 114 Å². The number of hydrogen-bond acceptors (Lipinski definition) is 0. The third-order valence-electron chi connectivity index (χ3n) is 4.12. The fraction of sp³-hybridized carbons (Fsp3) is 0.765. The lowest BCUT2D eigenvalue weighted by molar-refractivity contribution is -0.819. The van der Waals surface area contributed by atoms with Crippen LogP contribution in [0, 0.1) is 0 Å². The van der Waals surface area contributed by atoms with Gasteiger partial charge in [0.15, 0.2) is 0 Å². The number of hydrogen-bond donors (Lipinski definition) is 0. The Bertz CT molecular complexity index is 277. The first-order chi connectivity index (χ1) is 8.73. The summed E-state index contributed by atoms with van der Waals surface area (Å²) >= 11 is 0. The molecule has 0 radical (unpaired) electrons. The van der Waals surface area contributed by atoms with Crippen molar-refractivity contribution in [2.24, 2.45) is 0 Å². The van der Waals surface area contributed by atoms with Crippen LogP contribution in [0.4, 0.5) is 0 Å². The Morgan fingerprint density at radius 3 is 2.28 bits per heavy atom. The van der Waals surface area contributed by atoms with Crippen molar-refractivity contribution in [2.75, 3.05) is 13.6 Å². The summed E-state index contributed by atoms with van der Waals surface area (Å²) in [7, 11) is 2.37. The van der Waals surface area contributed by atoms with E-state index in [1.165, 1.54) is 64.3 Å². The van der Waals surface area contributed by atoms with Gasteiger partial charge >= 0.3 is 0 Å². The van der Waals surface area contributed by atoms with E-state index >= 15 is 0 Å². The van der Waals surface area contributed by atoms with Crippen molar-refractivity contribution < 1.29 is 4.48 Å². The molecule has 0 saturated heterocycles. The summed E-state index contributed by atoms with van der Waals surface area (Å²) in [6.45, 7) is 5.85. The Kier molecular flexibility index (Phi) is 7.34. The third kappa shape index (κ3) is 4.97. The topological polar surface area (TPSA) is 0 Å². The molecule has 0 bridgehead atoms. The first kappa shape index (κ1) is 15.5. The van der Waals surface area contributed by atoms with Crippen LogP contribution in [0.2, 0.25) is 0 Å². The highest BCUT2D eigenvalue weighted by molar-refractivity contribution is 5.13. The lowest BCUT2D eigenvalue weighted by Crippen LogP contribution is -2.36. The molecule has 1 aliphatic rings. The molecule has 104 valence electrons. The Balaban J connectivity index is 2.22. The predicted molar refractivity (Wildman–Crippen MR) is 81.2 cm³/mol. The van der Waals surface area contributed by atoms with Gasteiger partial charge in [-0.05, 0) is 25.3 Å². The van der Waals surface area contributed by atoms with Crippen LogP contribution < -0.4 is 0 Å². The molecule has 1 atom stereocenters. The highest BCUT2D eigenvalue weighted by atomic mass is 15.3. The van der Waals surface area contributed by atoms with E-state index in [1.54, 1.807) is 5.70 Å². The van der Waals surface area contributed by atoms with Gasteiger partial charge in [-0.25, -0.2) is 0 Å². The number of quaternary nitrogens is 1. The lowest BCUT2D eigenvalue weighted by Gasteiger charge is -2.29. The van der Waals surface area contributed by atoms with E-state index in [0.29, 0.717) is 0 Å². The second-order valence-electron chi connectivity index (χ2n) is 5.86. The molecule has 1 aliphatic heterocycles. The van der Waals surface area contributed by atoms with E-state index in [0.717, 1.165) is 4.48 Å². The first-order valence-electron chi connectivity index (χ1n) is 7.97. The zero-order chi connectivity index (χ0) is 13.3. The van der Waals surface area contributed by atoms with Crippen molar-refractivity contribution in [1.29, 1.82) is 0 Å². The summed E-state index contributed by atoms with van der Waals surface area (Å²) in [5, 5.41) is 0. The van der Waals surface area contributed by atoms with Gasteiger partial charge in [-0.3, -0.25) is 4.48 Å². The lowest BCUT2D eigenvalue weighted by atomic mass is 10.1. The van der Waals surface area contributed by atoms with Gasteiger partial charge in [0.05, 0.1) is 13.6 Å². The summed E-state index contributed by atoms with van der Waals surface area (Å²) in [6, 6.07) is 0. The smallest absolute Gasteiger partial charge is 0.113 e. The number of nitrogens with zero attached hydrogens (tertiary/aromatic N) is 1. The van der Waals surface area contributed by atoms with Crippen molar-refractivity contribution in [3.8, 4) is 0 Å². The van der Waals surface area contributed by atoms with Crippen molar-refractivity contribution in [1.82, 2.24) is 0 Å². The highest BCUT2D eigenvalue weighted by Crippen LogP contribution is 2.27. The normalized spacial score (nSPS) is 22.5. The van der Waals surface area contributed by atoms with Gasteiger partial charge in [0.2, 0.25) is 0 Å². The molecule has 1 rings (SSSR count). The SMILES string of the molecule is CCCCCCCC[N+]1(C)C=CC=C1CCCC. The molecule has 0 aromatic heterocycles. The molecule has 1 unspecified atom stereocenters. The molecular formula is C17H32N+. The number of rotatable bonds is 10. The second kappa shape index (κ2) is 8.53. The Morgan fingerprint density at radius 1 is 0.889 bits per heavy atom. The van der Waals surface area contributed by atoms with Crippen molar-refractivity contribution >= 4 is 0 Å². The van der Waals surface area contributed by atoms with Crippen LogP contribution in [-0.2, 0) is 0 Å². The molecule has 0 aliphatic carbocycles. The van der Waals surface area contributed by atoms with Crippen LogP contribution in [0.3, 0.4) is 0 Å². The van der Waals surface area contributed by atoms with Crippen LogP contribution in [0.5, 0.6) is 0 Å². The standard InChI is InChI=1S/C17H32N/c1-4-6-8-9-10-11-15-18(3)16-12-14-17(18)13-7-5-2/h12,14,16H,4-11,13,15H2,1-3H3/q+1. The number of unbranched alkanes of at least 4 members (excludes halogenated alkanes) is 6. The van der Waals surface area contributed by atoms with Gasteiger partial charge in [-0.2, -0.15) is 0 Å². The average Bonchev–Trinajstić information content (AvgIpc) is 2.73. The molecule has 0 aromatic carbocycles. The molecule has 1 heteroatoms. The highest BCUT2D eigenvalue weighted by Gasteiger charge is 2.26. The summed E-state index contributed by atoms with van der Waals surface area (Å²) < 4.78 is 1.08. The van der Waals surface area contributed by atoms with E-state index in [2.05, 4.69) is 39.2 Å². The van der Waals surface area contributed by atoms with Crippen LogP contribution >= 0.6 is 0 Å². The molecule has 0 spiro atoms. The second-order valence-corrected chi connectivity index (χ2v) is 5.86. The molecule has 0 amide bonds. The van der Waals surface area contributed by atoms with Gasteiger partial charge in [0.1, 0.15) is 11.9 Å². The molecule has 0 aromatic rings. The molecular weight excluding hydrogens is 218 g/mol. The van der Waals surface area contributed by atoms with E-state index in [1.807, 2.05) is 0 Å². The van der Waals surface area contributed by atoms with Crippen molar-refractivity contribution in [3.63, 3.8) is 0 Å².